The van der Waals surface area contributed by atoms with Crippen molar-refractivity contribution in [2.45, 2.75) is 25.1 Å². The zero-order chi connectivity index (χ0) is 8.41. The lowest BCUT2D eigenvalue weighted by atomic mass is 9.99. The highest BCUT2D eigenvalue weighted by Crippen LogP contribution is 2.29. The van der Waals surface area contributed by atoms with Crippen LogP contribution < -0.4 is 11.5 Å². The molecule has 0 aliphatic rings. The van der Waals surface area contributed by atoms with Gasteiger partial charge in [-0.3, -0.25) is 0 Å². The van der Waals surface area contributed by atoms with Crippen LogP contribution in [0, 0.1) is 0 Å². The first-order chi connectivity index (χ1) is 4.31. The largest absolute Gasteiger partial charge is 0.406 e. The van der Waals surface area contributed by atoms with Gasteiger partial charge in [0, 0.05) is 0 Å². The molecule has 0 bridgehead atoms. The first-order valence-corrected chi connectivity index (χ1v) is 2.87. The van der Waals surface area contributed by atoms with Crippen molar-refractivity contribution in [3.63, 3.8) is 0 Å². The third kappa shape index (κ3) is 5.03. The number of hydrogen-bond acceptors (Lipinski definition) is 2. The van der Waals surface area contributed by atoms with Crippen LogP contribution >= 0.6 is 24.8 Å². The van der Waals surface area contributed by atoms with E-state index in [0.717, 1.165) is 6.92 Å². The summed E-state index contributed by atoms with van der Waals surface area (Å²) < 4.78 is 35.5. The highest BCUT2D eigenvalue weighted by molar-refractivity contribution is 5.85. The molecule has 1 atom stereocenters. The van der Waals surface area contributed by atoms with E-state index in [4.69, 9.17) is 11.5 Å². The van der Waals surface area contributed by atoms with Gasteiger partial charge in [-0.25, -0.2) is 0 Å². The van der Waals surface area contributed by atoms with Gasteiger partial charge in [-0.15, -0.1) is 24.8 Å². The molecule has 0 radical (unpaired) electrons. The SMILES string of the molecule is CC(N)(CCN)C(F)(F)F.Cl.Cl. The van der Waals surface area contributed by atoms with Gasteiger partial charge < -0.3 is 11.5 Å². The molecule has 0 aromatic carbocycles. The maximum Gasteiger partial charge on any atom is 0.406 e. The van der Waals surface area contributed by atoms with Crippen LogP contribution in [0.5, 0.6) is 0 Å². The molecule has 0 saturated carbocycles. The third-order valence-electron chi connectivity index (χ3n) is 1.31. The lowest BCUT2D eigenvalue weighted by Crippen LogP contribution is -2.51. The summed E-state index contributed by atoms with van der Waals surface area (Å²) >= 11 is 0. The third-order valence-corrected chi connectivity index (χ3v) is 1.31. The van der Waals surface area contributed by atoms with Crippen molar-refractivity contribution in [1.29, 1.82) is 0 Å². The summed E-state index contributed by atoms with van der Waals surface area (Å²) in [7, 11) is 0. The summed E-state index contributed by atoms with van der Waals surface area (Å²) in [5, 5.41) is 0. The van der Waals surface area contributed by atoms with Crippen molar-refractivity contribution in [3.05, 3.63) is 0 Å². The predicted molar refractivity (Wildman–Crippen MR) is 46.8 cm³/mol. The van der Waals surface area contributed by atoms with Crippen molar-refractivity contribution in [2.24, 2.45) is 11.5 Å². The van der Waals surface area contributed by atoms with Crippen LogP contribution in [0.15, 0.2) is 0 Å². The fourth-order valence-electron chi connectivity index (χ4n) is 0.442. The van der Waals surface area contributed by atoms with Gasteiger partial charge >= 0.3 is 6.18 Å². The molecule has 12 heavy (non-hydrogen) atoms. The van der Waals surface area contributed by atoms with Gasteiger partial charge in [0.25, 0.3) is 0 Å². The van der Waals surface area contributed by atoms with Crippen LogP contribution in [-0.2, 0) is 0 Å². The molecule has 7 heteroatoms. The zero-order valence-corrected chi connectivity index (χ0v) is 8.15. The van der Waals surface area contributed by atoms with E-state index in [0.29, 0.717) is 0 Å². The van der Waals surface area contributed by atoms with Crippen molar-refractivity contribution in [2.75, 3.05) is 6.54 Å². The Kier molecular flexibility index (Phi) is 8.85. The summed E-state index contributed by atoms with van der Waals surface area (Å²) in [4.78, 5) is 0. The predicted octanol–water partition coefficient (Wildman–Crippen LogP) is 1.46. The molecule has 4 N–H and O–H groups in total. The van der Waals surface area contributed by atoms with E-state index in [-0.39, 0.29) is 37.8 Å². The minimum absolute atomic E-state index is 0. The molecule has 0 heterocycles. The number of halogens is 5. The molecule has 0 amide bonds. The quantitative estimate of drug-likeness (QED) is 0.753. The normalized spacial score (nSPS) is 15.5. The first-order valence-electron chi connectivity index (χ1n) is 2.87. The monoisotopic (exact) mass is 228 g/mol. The number of rotatable bonds is 2. The van der Waals surface area contributed by atoms with Crippen molar-refractivity contribution < 1.29 is 13.2 Å². The van der Waals surface area contributed by atoms with Gasteiger partial charge in [-0.05, 0) is 19.9 Å². The summed E-state index contributed by atoms with van der Waals surface area (Å²) in [6.07, 6.45) is -4.59. The molecule has 0 spiro atoms. The minimum atomic E-state index is -4.35. The lowest BCUT2D eigenvalue weighted by Gasteiger charge is -2.26. The Morgan fingerprint density at radius 2 is 1.50 bits per heavy atom. The molecule has 2 nitrogen and oxygen atoms in total. The average Bonchev–Trinajstić information content (AvgIpc) is 1.61. The Morgan fingerprint density at radius 1 is 1.17 bits per heavy atom. The minimum Gasteiger partial charge on any atom is -0.330 e. The molecule has 0 aromatic rings. The summed E-state index contributed by atoms with van der Waals surface area (Å²) in [6, 6.07) is 0. The highest BCUT2D eigenvalue weighted by Gasteiger charge is 2.47. The Bertz CT molecular complexity index is 116. The standard InChI is InChI=1S/C5H11F3N2.2ClH/c1-4(10,2-3-9)5(6,7)8;;/h2-3,9-10H2,1H3;2*1H. The molecule has 0 saturated heterocycles. The molecule has 78 valence electrons. The zero-order valence-electron chi connectivity index (χ0n) is 6.52. The second-order valence-corrected chi connectivity index (χ2v) is 2.45. The summed E-state index contributed by atoms with van der Waals surface area (Å²) in [6.45, 7) is 0.881. The van der Waals surface area contributed by atoms with Gasteiger partial charge in [-0.1, -0.05) is 0 Å². The van der Waals surface area contributed by atoms with Crippen molar-refractivity contribution in [1.82, 2.24) is 0 Å². The second kappa shape index (κ2) is 5.85. The smallest absolute Gasteiger partial charge is 0.330 e. The Balaban J connectivity index is -0.000000405. The van der Waals surface area contributed by atoms with E-state index in [9.17, 15) is 13.2 Å². The molecular formula is C5H13Cl2F3N2. The molecule has 0 fully saturated rings. The van der Waals surface area contributed by atoms with Gasteiger partial charge in [0.05, 0.1) is 0 Å². The Hall–Kier alpha value is 0.290. The molecule has 1 unspecified atom stereocenters. The van der Waals surface area contributed by atoms with Gasteiger partial charge in [-0.2, -0.15) is 13.2 Å². The lowest BCUT2D eigenvalue weighted by molar-refractivity contribution is -0.181. The van der Waals surface area contributed by atoms with E-state index >= 15 is 0 Å². The molecule has 0 aliphatic carbocycles. The van der Waals surface area contributed by atoms with E-state index in [1.807, 2.05) is 0 Å². The van der Waals surface area contributed by atoms with E-state index in [1.54, 1.807) is 0 Å². The van der Waals surface area contributed by atoms with Gasteiger partial charge in [0.15, 0.2) is 0 Å². The Morgan fingerprint density at radius 3 is 1.58 bits per heavy atom. The van der Waals surface area contributed by atoms with Crippen LogP contribution in [-0.4, -0.2) is 18.3 Å². The fourth-order valence-corrected chi connectivity index (χ4v) is 0.442. The maximum absolute atomic E-state index is 11.8. The molecule has 0 rings (SSSR count). The van der Waals surface area contributed by atoms with E-state index < -0.39 is 11.7 Å². The van der Waals surface area contributed by atoms with Crippen LogP contribution in [0.3, 0.4) is 0 Å². The van der Waals surface area contributed by atoms with Crippen LogP contribution in [0.2, 0.25) is 0 Å². The van der Waals surface area contributed by atoms with Gasteiger partial charge in [0.1, 0.15) is 5.54 Å². The number of nitrogens with two attached hydrogens (primary N) is 2. The van der Waals surface area contributed by atoms with Crippen LogP contribution in [0.1, 0.15) is 13.3 Å². The number of alkyl halides is 3. The molecule has 0 aromatic heterocycles. The summed E-state index contributed by atoms with van der Waals surface area (Å²) in [5.41, 5.74) is 7.69. The topological polar surface area (TPSA) is 52.0 Å². The molecular weight excluding hydrogens is 216 g/mol. The Labute approximate surface area is 81.7 Å². The van der Waals surface area contributed by atoms with E-state index in [1.165, 1.54) is 0 Å². The first kappa shape index (κ1) is 18.2. The van der Waals surface area contributed by atoms with Crippen molar-refractivity contribution in [3.8, 4) is 0 Å². The maximum atomic E-state index is 11.8. The molecule has 0 aliphatic heterocycles. The van der Waals surface area contributed by atoms with E-state index in [2.05, 4.69) is 0 Å². The van der Waals surface area contributed by atoms with Crippen LogP contribution in [0.25, 0.3) is 0 Å². The highest BCUT2D eigenvalue weighted by atomic mass is 35.5. The average molecular weight is 229 g/mol. The summed E-state index contributed by atoms with van der Waals surface area (Å²) in [5.74, 6) is 0. The number of hydrogen-bond donors (Lipinski definition) is 2. The fraction of sp³-hybridized carbons (Fsp3) is 1.00. The van der Waals surface area contributed by atoms with Crippen molar-refractivity contribution >= 4 is 24.8 Å². The second-order valence-electron chi connectivity index (χ2n) is 2.45. The van der Waals surface area contributed by atoms with Gasteiger partial charge in [0.2, 0.25) is 0 Å². The van der Waals surface area contributed by atoms with Crippen LogP contribution in [0.4, 0.5) is 13.2 Å².